The predicted octanol–water partition coefficient (Wildman–Crippen LogP) is 2.45. The van der Waals surface area contributed by atoms with Gasteiger partial charge in [0.2, 0.25) is 15.9 Å². The van der Waals surface area contributed by atoms with Crippen LogP contribution >= 0.6 is 11.3 Å². The zero-order chi connectivity index (χ0) is 18.2. The fourth-order valence-corrected chi connectivity index (χ4v) is 4.57. The third-order valence-electron chi connectivity index (χ3n) is 3.87. The molecule has 2 heterocycles. The number of hydrogen-bond donors (Lipinski definition) is 1. The van der Waals surface area contributed by atoms with Crippen LogP contribution in [0.5, 0.6) is 0 Å². The van der Waals surface area contributed by atoms with E-state index < -0.39 is 33.6 Å². The molecule has 1 aromatic carbocycles. The van der Waals surface area contributed by atoms with Crippen LogP contribution in [0.3, 0.4) is 0 Å². The van der Waals surface area contributed by atoms with E-state index in [0.29, 0.717) is 19.4 Å². The maximum Gasteiger partial charge on any atom is 0.244 e. The Bertz CT molecular complexity index is 914. The molecule has 2 aromatic rings. The Morgan fingerprint density at radius 1 is 1.40 bits per heavy atom. The quantitative estimate of drug-likeness (QED) is 0.874. The average Bonchev–Trinajstić information content (AvgIpc) is 3.18. The van der Waals surface area contributed by atoms with Gasteiger partial charge in [0.25, 0.3) is 0 Å². The molecule has 0 radical (unpaired) electrons. The SMILES string of the molecule is CS(=O)(=O)N1CCCC1C(=O)Nc1nc(-c2cc(F)ccc2F)cs1. The molecule has 3 rings (SSSR count). The molecule has 0 aliphatic carbocycles. The van der Waals surface area contributed by atoms with Crippen LogP contribution in [0.1, 0.15) is 12.8 Å². The summed E-state index contributed by atoms with van der Waals surface area (Å²) >= 11 is 1.05. The first kappa shape index (κ1) is 17.9. The molecule has 6 nitrogen and oxygen atoms in total. The maximum absolute atomic E-state index is 13.8. The lowest BCUT2D eigenvalue weighted by molar-refractivity contribution is -0.119. The molecular formula is C15H15F2N3O3S2. The molecular weight excluding hydrogens is 372 g/mol. The van der Waals surface area contributed by atoms with Crippen LogP contribution in [0.4, 0.5) is 13.9 Å². The zero-order valence-corrected chi connectivity index (χ0v) is 14.8. The summed E-state index contributed by atoms with van der Waals surface area (Å²) in [6.07, 6.45) is 2.09. The minimum absolute atomic E-state index is 0.00428. The summed E-state index contributed by atoms with van der Waals surface area (Å²) < 4.78 is 51.7. The predicted molar refractivity (Wildman–Crippen MR) is 90.7 cm³/mol. The summed E-state index contributed by atoms with van der Waals surface area (Å²) in [5.41, 5.74) is 0.194. The van der Waals surface area contributed by atoms with Crippen molar-refractivity contribution in [2.75, 3.05) is 18.1 Å². The van der Waals surface area contributed by atoms with Gasteiger partial charge in [0.1, 0.15) is 17.7 Å². The number of rotatable bonds is 4. The summed E-state index contributed by atoms with van der Waals surface area (Å²) in [6.45, 7) is 0.300. The fraction of sp³-hybridized carbons (Fsp3) is 0.333. The van der Waals surface area contributed by atoms with Crippen molar-refractivity contribution in [3.05, 3.63) is 35.2 Å². The number of carbonyl (C=O) groups is 1. The molecule has 0 spiro atoms. The van der Waals surface area contributed by atoms with Gasteiger partial charge < -0.3 is 5.32 Å². The number of benzene rings is 1. The lowest BCUT2D eigenvalue weighted by atomic mass is 10.1. The van der Waals surface area contributed by atoms with Gasteiger partial charge in [-0.2, -0.15) is 4.31 Å². The van der Waals surface area contributed by atoms with Crippen LogP contribution < -0.4 is 5.32 Å². The van der Waals surface area contributed by atoms with Crippen LogP contribution in [0.15, 0.2) is 23.6 Å². The molecule has 1 aromatic heterocycles. The van der Waals surface area contributed by atoms with Crippen LogP contribution in [-0.2, 0) is 14.8 Å². The number of nitrogens with zero attached hydrogens (tertiary/aromatic N) is 2. The van der Waals surface area contributed by atoms with Gasteiger partial charge >= 0.3 is 0 Å². The number of nitrogens with one attached hydrogen (secondary N) is 1. The minimum atomic E-state index is -3.47. The fourth-order valence-electron chi connectivity index (χ4n) is 2.74. The Kier molecular flexibility index (Phi) is 4.85. The molecule has 10 heteroatoms. The largest absolute Gasteiger partial charge is 0.301 e. The monoisotopic (exact) mass is 387 g/mol. The third-order valence-corrected chi connectivity index (χ3v) is 5.92. The number of halogens is 2. The first-order valence-electron chi connectivity index (χ1n) is 7.44. The molecule has 1 unspecified atom stereocenters. The van der Waals surface area contributed by atoms with Gasteiger partial charge in [-0.25, -0.2) is 22.2 Å². The maximum atomic E-state index is 13.8. The molecule has 1 aliphatic rings. The van der Waals surface area contributed by atoms with Gasteiger partial charge in [0.15, 0.2) is 5.13 Å². The highest BCUT2D eigenvalue weighted by molar-refractivity contribution is 7.88. The number of amides is 1. The van der Waals surface area contributed by atoms with Crippen molar-refractivity contribution in [3.8, 4) is 11.3 Å². The molecule has 1 atom stereocenters. The van der Waals surface area contributed by atoms with E-state index in [1.54, 1.807) is 0 Å². The Morgan fingerprint density at radius 3 is 2.88 bits per heavy atom. The van der Waals surface area contributed by atoms with E-state index in [0.717, 1.165) is 40.1 Å². The molecule has 134 valence electrons. The smallest absolute Gasteiger partial charge is 0.244 e. The van der Waals surface area contributed by atoms with Gasteiger partial charge in [0, 0.05) is 17.5 Å². The average molecular weight is 387 g/mol. The Balaban J connectivity index is 1.77. The molecule has 25 heavy (non-hydrogen) atoms. The molecule has 0 saturated carbocycles. The lowest BCUT2D eigenvalue weighted by Crippen LogP contribution is -2.42. The zero-order valence-electron chi connectivity index (χ0n) is 13.2. The van der Waals surface area contributed by atoms with Crippen LogP contribution in [-0.4, -0.2) is 42.5 Å². The summed E-state index contributed by atoms with van der Waals surface area (Å²) in [7, 11) is -3.47. The number of thiazole rings is 1. The molecule has 1 aliphatic heterocycles. The standard InChI is InChI=1S/C15H15F2N3O3S2/c1-25(22,23)20-6-2-3-13(20)14(21)19-15-18-12(8-24-15)10-7-9(16)4-5-11(10)17/h4-5,7-8,13H,2-3,6H2,1H3,(H,18,19,21). The van der Waals surface area contributed by atoms with E-state index in [-0.39, 0.29) is 16.4 Å². The molecule has 1 N–H and O–H groups in total. The van der Waals surface area contributed by atoms with Crippen molar-refractivity contribution in [2.24, 2.45) is 0 Å². The van der Waals surface area contributed by atoms with Crippen molar-refractivity contribution >= 4 is 32.4 Å². The highest BCUT2D eigenvalue weighted by Gasteiger charge is 2.36. The van der Waals surface area contributed by atoms with Crippen molar-refractivity contribution < 1.29 is 22.0 Å². The first-order valence-corrected chi connectivity index (χ1v) is 10.2. The van der Waals surface area contributed by atoms with E-state index in [1.807, 2.05) is 0 Å². The van der Waals surface area contributed by atoms with Crippen molar-refractivity contribution in [1.82, 2.24) is 9.29 Å². The Morgan fingerprint density at radius 2 is 2.16 bits per heavy atom. The van der Waals surface area contributed by atoms with Gasteiger partial charge in [-0.05, 0) is 31.0 Å². The summed E-state index contributed by atoms with van der Waals surface area (Å²) in [6, 6.07) is 2.25. The normalized spacial score (nSPS) is 18.4. The number of sulfonamides is 1. The second-order valence-corrected chi connectivity index (χ2v) is 8.48. The van der Waals surface area contributed by atoms with Gasteiger partial charge in [-0.3, -0.25) is 4.79 Å². The van der Waals surface area contributed by atoms with Crippen LogP contribution in [0.25, 0.3) is 11.3 Å². The Hall–Kier alpha value is -1.91. The summed E-state index contributed by atoms with van der Waals surface area (Å²) in [5, 5.41) is 4.25. The van der Waals surface area contributed by atoms with Gasteiger partial charge in [-0.15, -0.1) is 11.3 Å². The molecule has 0 bridgehead atoms. The van der Waals surface area contributed by atoms with E-state index in [9.17, 15) is 22.0 Å². The third kappa shape index (κ3) is 3.86. The minimum Gasteiger partial charge on any atom is -0.301 e. The van der Waals surface area contributed by atoms with E-state index in [4.69, 9.17) is 0 Å². The van der Waals surface area contributed by atoms with Crippen molar-refractivity contribution in [3.63, 3.8) is 0 Å². The number of hydrogen-bond acceptors (Lipinski definition) is 5. The second-order valence-electron chi connectivity index (χ2n) is 5.68. The molecule has 1 fully saturated rings. The highest BCUT2D eigenvalue weighted by Crippen LogP contribution is 2.28. The van der Waals surface area contributed by atoms with Crippen LogP contribution in [0.2, 0.25) is 0 Å². The number of carbonyl (C=O) groups excluding carboxylic acids is 1. The van der Waals surface area contributed by atoms with Gasteiger partial charge in [0.05, 0.1) is 11.9 Å². The van der Waals surface area contributed by atoms with E-state index >= 15 is 0 Å². The van der Waals surface area contributed by atoms with E-state index in [2.05, 4.69) is 10.3 Å². The van der Waals surface area contributed by atoms with Crippen molar-refractivity contribution in [1.29, 1.82) is 0 Å². The van der Waals surface area contributed by atoms with Gasteiger partial charge in [-0.1, -0.05) is 0 Å². The second kappa shape index (κ2) is 6.77. The highest BCUT2D eigenvalue weighted by atomic mass is 32.2. The summed E-state index contributed by atoms with van der Waals surface area (Å²) in [4.78, 5) is 16.4. The van der Waals surface area contributed by atoms with E-state index in [1.165, 1.54) is 5.38 Å². The van der Waals surface area contributed by atoms with Crippen molar-refractivity contribution in [2.45, 2.75) is 18.9 Å². The first-order chi connectivity index (χ1) is 11.8. The summed E-state index contributed by atoms with van der Waals surface area (Å²) in [5.74, 6) is -1.70. The number of aromatic nitrogens is 1. The van der Waals surface area contributed by atoms with Crippen LogP contribution in [0, 0.1) is 11.6 Å². The molecule has 1 saturated heterocycles. The number of anilines is 1. The topological polar surface area (TPSA) is 79.4 Å². The Labute approximate surface area is 147 Å². The molecule has 1 amide bonds. The lowest BCUT2D eigenvalue weighted by Gasteiger charge is -2.20.